The SMILES string of the molecule is Cc1csc(NCCc2ccc(Cl)cc2Cl)n1. The lowest BCUT2D eigenvalue weighted by Crippen LogP contribution is -2.04. The van der Waals surface area contributed by atoms with Crippen LogP contribution in [-0.2, 0) is 6.42 Å². The van der Waals surface area contributed by atoms with Crippen LogP contribution in [-0.4, -0.2) is 11.5 Å². The van der Waals surface area contributed by atoms with Crippen molar-refractivity contribution in [2.45, 2.75) is 13.3 Å². The Balaban J connectivity index is 1.90. The Morgan fingerprint density at radius 1 is 1.35 bits per heavy atom. The quantitative estimate of drug-likeness (QED) is 0.900. The van der Waals surface area contributed by atoms with Crippen LogP contribution in [0.5, 0.6) is 0 Å². The second-order valence-electron chi connectivity index (χ2n) is 3.71. The van der Waals surface area contributed by atoms with Crippen LogP contribution < -0.4 is 5.32 Å². The number of nitrogens with one attached hydrogen (secondary N) is 1. The number of thiazole rings is 1. The van der Waals surface area contributed by atoms with Gasteiger partial charge in [0.1, 0.15) is 0 Å². The van der Waals surface area contributed by atoms with Crippen LogP contribution in [0, 0.1) is 6.92 Å². The molecule has 0 bridgehead atoms. The molecule has 0 radical (unpaired) electrons. The molecule has 0 unspecified atom stereocenters. The molecule has 0 atom stereocenters. The fourth-order valence-corrected chi connectivity index (χ4v) is 2.68. The summed E-state index contributed by atoms with van der Waals surface area (Å²) < 4.78 is 0. The molecule has 1 aromatic carbocycles. The molecule has 0 fully saturated rings. The molecular formula is C12H12Cl2N2S. The minimum atomic E-state index is 0.669. The fourth-order valence-electron chi connectivity index (χ4n) is 1.46. The van der Waals surface area contributed by atoms with E-state index in [0.29, 0.717) is 5.02 Å². The van der Waals surface area contributed by atoms with Gasteiger partial charge >= 0.3 is 0 Å². The van der Waals surface area contributed by atoms with Crippen molar-refractivity contribution < 1.29 is 0 Å². The van der Waals surface area contributed by atoms with Gasteiger partial charge in [0.2, 0.25) is 0 Å². The molecule has 2 aromatic rings. The number of halogens is 2. The summed E-state index contributed by atoms with van der Waals surface area (Å²) in [7, 11) is 0. The van der Waals surface area contributed by atoms with Gasteiger partial charge in [-0.3, -0.25) is 0 Å². The van der Waals surface area contributed by atoms with Gasteiger partial charge in [0, 0.05) is 22.0 Å². The Hall–Kier alpha value is -0.770. The third kappa shape index (κ3) is 3.60. The summed E-state index contributed by atoms with van der Waals surface area (Å²) in [5.41, 5.74) is 2.14. The largest absolute Gasteiger partial charge is 0.361 e. The highest BCUT2D eigenvalue weighted by Crippen LogP contribution is 2.21. The molecule has 2 rings (SSSR count). The molecule has 1 aromatic heterocycles. The molecule has 0 aliphatic heterocycles. The van der Waals surface area contributed by atoms with Gasteiger partial charge in [0.15, 0.2) is 5.13 Å². The van der Waals surface area contributed by atoms with Gasteiger partial charge in [0.05, 0.1) is 5.69 Å². The number of nitrogens with zero attached hydrogens (tertiary/aromatic N) is 1. The van der Waals surface area contributed by atoms with Crippen molar-refractivity contribution in [3.63, 3.8) is 0 Å². The van der Waals surface area contributed by atoms with Crippen molar-refractivity contribution >= 4 is 39.7 Å². The van der Waals surface area contributed by atoms with Crippen molar-refractivity contribution in [3.05, 3.63) is 44.9 Å². The van der Waals surface area contributed by atoms with E-state index in [-0.39, 0.29) is 0 Å². The Kier molecular flexibility index (Phi) is 4.26. The van der Waals surface area contributed by atoms with Gasteiger partial charge < -0.3 is 5.32 Å². The topological polar surface area (TPSA) is 24.9 Å². The van der Waals surface area contributed by atoms with E-state index in [0.717, 1.165) is 34.4 Å². The van der Waals surface area contributed by atoms with Crippen LogP contribution in [0.15, 0.2) is 23.6 Å². The first-order valence-electron chi connectivity index (χ1n) is 5.25. The monoisotopic (exact) mass is 286 g/mol. The van der Waals surface area contributed by atoms with E-state index in [1.165, 1.54) is 0 Å². The van der Waals surface area contributed by atoms with E-state index < -0.39 is 0 Å². The molecule has 0 aliphatic carbocycles. The maximum Gasteiger partial charge on any atom is 0.182 e. The molecule has 5 heteroatoms. The average Bonchev–Trinajstić information content (AvgIpc) is 2.68. The van der Waals surface area contributed by atoms with Crippen LogP contribution in [0.2, 0.25) is 10.0 Å². The molecule has 17 heavy (non-hydrogen) atoms. The van der Waals surface area contributed by atoms with Gasteiger partial charge in [-0.15, -0.1) is 11.3 Å². The van der Waals surface area contributed by atoms with Crippen molar-refractivity contribution in [3.8, 4) is 0 Å². The van der Waals surface area contributed by atoms with Gasteiger partial charge in [-0.05, 0) is 31.0 Å². The third-order valence-corrected chi connectivity index (χ3v) is 3.81. The number of aromatic nitrogens is 1. The van der Waals surface area contributed by atoms with Gasteiger partial charge in [-0.2, -0.15) is 0 Å². The van der Waals surface area contributed by atoms with E-state index >= 15 is 0 Å². The van der Waals surface area contributed by atoms with Gasteiger partial charge in [-0.25, -0.2) is 4.98 Å². The van der Waals surface area contributed by atoms with Gasteiger partial charge in [0.25, 0.3) is 0 Å². The number of hydrogen-bond acceptors (Lipinski definition) is 3. The summed E-state index contributed by atoms with van der Waals surface area (Å²) in [5.74, 6) is 0. The Morgan fingerprint density at radius 2 is 2.18 bits per heavy atom. The third-order valence-electron chi connectivity index (χ3n) is 2.30. The molecule has 0 saturated heterocycles. The Labute approximate surface area is 115 Å². The van der Waals surface area contributed by atoms with Crippen LogP contribution >= 0.6 is 34.5 Å². The lowest BCUT2D eigenvalue weighted by atomic mass is 10.1. The van der Waals surface area contributed by atoms with E-state index in [1.807, 2.05) is 24.4 Å². The second kappa shape index (κ2) is 5.71. The summed E-state index contributed by atoms with van der Waals surface area (Å²) in [6.07, 6.45) is 0.856. The summed E-state index contributed by atoms with van der Waals surface area (Å²) in [4.78, 5) is 4.33. The molecule has 0 aliphatic rings. The van der Waals surface area contributed by atoms with Crippen LogP contribution in [0.3, 0.4) is 0 Å². The van der Waals surface area contributed by atoms with Gasteiger partial charge in [-0.1, -0.05) is 29.3 Å². The smallest absolute Gasteiger partial charge is 0.182 e. The maximum absolute atomic E-state index is 6.09. The normalized spacial score (nSPS) is 10.5. The van der Waals surface area contributed by atoms with E-state index in [4.69, 9.17) is 23.2 Å². The Bertz CT molecular complexity index is 511. The first-order valence-corrected chi connectivity index (χ1v) is 6.88. The van der Waals surface area contributed by atoms with E-state index in [2.05, 4.69) is 10.3 Å². The fraction of sp³-hybridized carbons (Fsp3) is 0.250. The minimum Gasteiger partial charge on any atom is -0.361 e. The predicted octanol–water partition coefficient (Wildman–Crippen LogP) is 4.41. The molecule has 0 saturated carbocycles. The van der Waals surface area contributed by atoms with Crippen molar-refractivity contribution in [2.24, 2.45) is 0 Å². The zero-order chi connectivity index (χ0) is 12.3. The molecular weight excluding hydrogens is 275 g/mol. The van der Waals surface area contributed by atoms with Crippen LogP contribution in [0.4, 0.5) is 5.13 Å². The first kappa shape index (κ1) is 12.7. The standard InChI is InChI=1S/C12H12Cl2N2S/c1-8-7-17-12(16-8)15-5-4-9-2-3-10(13)6-11(9)14/h2-3,6-7H,4-5H2,1H3,(H,15,16). The van der Waals surface area contributed by atoms with Crippen molar-refractivity contribution in [2.75, 3.05) is 11.9 Å². The van der Waals surface area contributed by atoms with E-state index in [1.54, 1.807) is 17.4 Å². The van der Waals surface area contributed by atoms with Crippen LogP contribution in [0.25, 0.3) is 0 Å². The van der Waals surface area contributed by atoms with Crippen molar-refractivity contribution in [1.82, 2.24) is 4.98 Å². The maximum atomic E-state index is 6.09. The van der Waals surface area contributed by atoms with Crippen LogP contribution in [0.1, 0.15) is 11.3 Å². The summed E-state index contributed by atoms with van der Waals surface area (Å²) in [5, 5.41) is 7.63. The number of benzene rings is 1. The number of hydrogen-bond donors (Lipinski definition) is 1. The summed E-state index contributed by atoms with van der Waals surface area (Å²) in [6.45, 7) is 2.80. The molecule has 0 spiro atoms. The number of anilines is 1. The highest BCUT2D eigenvalue weighted by molar-refractivity contribution is 7.13. The predicted molar refractivity (Wildman–Crippen MR) is 75.5 cm³/mol. The second-order valence-corrected chi connectivity index (χ2v) is 5.41. The molecule has 1 N–H and O–H groups in total. The molecule has 0 amide bonds. The van der Waals surface area contributed by atoms with Crippen molar-refractivity contribution in [1.29, 1.82) is 0 Å². The minimum absolute atomic E-state index is 0.669. The zero-order valence-corrected chi connectivity index (χ0v) is 11.7. The first-order chi connectivity index (χ1) is 8.15. The summed E-state index contributed by atoms with van der Waals surface area (Å²) >= 11 is 13.5. The summed E-state index contributed by atoms with van der Waals surface area (Å²) in [6, 6.07) is 5.59. The zero-order valence-electron chi connectivity index (χ0n) is 9.34. The number of rotatable bonds is 4. The highest BCUT2D eigenvalue weighted by Gasteiger charge is 2.02. The Morgan fingerprint density at radius 3 is 2.82 bits per heavy atom. The average molecular weight is 287 g/mol. The number of aryl methyl sites for hydroxylation is 1. The lowest BCUT2D eigenvalue weighted by molar-refractivity contribution is 1.01. The lowest BCUT2D eigenvalue weighted by Gasteiger charge is -2.05. The molecule has 90 valence electrons. The highest BCUT2D eigenvalue weighted by atomic mass is 35.5. The van der Waals surface area contributed by atoms with E-state index in [9.17, 15) is 0 Å². The molecule has 2 nitrogen and oxygen atoms in total. The molecule has 1 heterocycles.